The number of anilines is 1. The monoisotopic (exact) mass is 408 g/mol. The minimum Gasteiger partial charge on any atom is -0.493 e. The van der Waals surface area contributed by atoms with Gasteiger partial charge in [0.15, 0.2) is 11.5 Å². The van der Waals surface area contributed by atoms with Crippen LogP contribution in [0.5, 0.6) is 11.5 Å². The maximum atomic E-state index is 12.5. The molecule has 1 fully saturated rings. The molecule has 0 heterocycles. The summed E-state index contributed by atoms with van der Waals surface area (Å²) in [6.45, 7) is 0.834. The number of rotatable bonds is 8. The quantitative estimate of drug-likeness (QED) is 0.616. The van der Waals surface area contributed by atoms with Gasteiger partial charge < -0.3 is 14.8 Å². The summed E-state index contributed by atoms with van der Waals surface area (Å²) in [6, 6.07) is 14.2. The lowest BCUT2D eigenvalue weighted by atomic mass is 9.94. The van der Waals surface area contributed by atoms with Crippen molar-refractivity contribution in [2.24, 2.45) is 0 Å². The van der Waals surface area contributed by atoms with Gasteiger partial charge in [0.05, 0.1) is 14.2 Å². The average molecular weight is 409 g/mol. The van der Waals surface area contributed by atoms with Crippen LogP contribution in [0, 0.1) is 0 Å². The summed E-state index contributed by atoms with van der Waals surface area (Å²) in [5, 5.41) is 3.03. The number of carbonyl (C=O) groups excluding carboxylic acids is 1. The number of nitrogens with zero attached hydrogens (tertiary/aromatic N) is 1. The van der Waals surface area contributed by atoms with Crippen LogP contribution >= 0.6 is 0 Å². The van der Waals surface area contributed by atoms with Crippen LogP contribution in [0.2, 0.25) is 0 Å². The molecule has 160 valence electrons. The zero-order chi connectivity index (χ0) is 21.3. The normalized spacial score (nSPS) is 14.8. The summed E-state index contributed by atoms with van der Waals surface area (Å²) in [5.74, 6) is 1.14. The summed E-state index contributed by atoms with van der Waals surface area (Å²) in [5.41, 5.74) is 2.87. The van der Waals surface area contributed by atoms with Crippen molar-refractivity contribution in [2.75, 3.05) is 26.6 Å². The summed E-state index contributed by atoms with van der Waals surface area (Å²) >= 11 is 0. The third kappa shape index (κ3) is 5.86. The molecular weight excluding hydrogens is 376 g/mol. The Hall–Kier alpha value is -2.79. The zero-order valence-corrected chi connectivity index (χ0v) is 18.2. The van der Waals surface area contributed by atoms with Gasteiger partial charge in [-0.3, -0.25) is 9.69 Å². The Bertz CT molecular complexity index is 872. The SMILES string of the molecule is COc1ccc(C=CC(=O)Nc2ccccc2CN(C)C2CCCCC2)cc1OC. The Morgan fingerprint density at radius 1 is 1.07 bits per heavy atom. The molecule has 1 saturated carbocycles. The number of methoxy groups -OCH3 is 2. The molecule has 5 heteroatoms. The third-order valence-electron chi connectivity index (χ3n) is 5.73. The number of hydrogen-bond acceptors (Lipinski definition) is 4. The third-order valence-corrected chi connectivity index (χ3v) is 5.73. The molecule has 0 atom stereocenters. The van der Waals surface area contributed by atoms with E-state index in [0.717, 1.165) is 23.4 Å². The summed E-state index contributed by atoms with van der Waals surface area (Å²) in [4.78, 5) is 15.0. The topological polar surface area (TPSA) is 50.8 Å². The van der Waals surface area contributed by atoms with Gasteiger partial charge in [-0.2, -0.15) is 0 Å². The van der Waals surface area contributed by atoms with Crippen LogP contribution in [-0.2, 0) is 11.3 Å². The van der Waals surface area contributed by atoms with Crippen LogP contribution in [0.1, 0.15) is 43.2 Å². The van der Waals surface area contributed by atoms with Crippen LogP contribution in [-0.4, -0.2) is 38.1 Å². The number of ether oxygens (including phenoxy) is 2. The molecule has 0 radical (unpaired) electrons. The lowest BCUT2D eigenvalue weighted by molar-refractivity contribution is -0.111. The van der Waals surface area contributed by atoms with E-state index in [-0.39, 0.29) is 5.91 Å². The number of amides is 1. The van der Waals surface area contributed by atoms with Gasteiger partial charge in [-0.15, -0.1) is 0 Å². The molecule has 3 rings (SSSR count). The molecule has 1 amide bonds. The molecule has 5 nitrogen and oxygen atoms in total. The van der Waals surface area contributed by atoms with Gasteiger partial charge in [-0.05, 0) is 55.3 Å². The first-order valence-electron chi connectivity index (χ1n) is 10.6. The second kappa shape index (κ2) is 10.8. The van der Waals surface area contributed by atoms with Crippen molar-refractivity contribution in [1.82, 2.24) is 4.90 Å². The average Bonchev–Trinajstić information content (AvgIpc) is 2.79. The molecule has 0 spiro atoms. The number of carbonyl (C=O) groups is 1. The smallest absolute Gasteiger partial charge is 0.248 e. The minimum atomic E-state index is -0.155. The van der Waals surface area contributed by atoms with E-state index in [2.05, 4.69) is 23.3 Å². The van der Waals surface area contributed by atoms with Gasteiger partial charge in [0.2, 0.25) is 5.91 Å². The van der Waals surface area contributed by atoms with E-state index in [0.29, 0.717) is 17.5 Å². The molecular formula is C25H32N2O3. The fourth-order valence-corrected chi connectivity index (χ4v) is 4.00. The van der Waals surface area contributed by atoms with E-state index in [9.17, 15) is 4.79 Å². The number of benzene rings is 2. The highest BCUT2D eigenvalue weighted by atomic mass is 16.5. The molecule has 0 bridgehead atoms. The predicted molar refractivity (Wildman–Crippen MR) is 122 cm³/mol. The Balaban J connectivity index is 1.64. The Morgan fingerprint density at radius 2 is 1.80 bits per heavy atom. The first-order valence-corrected chi connectivity index (χ1v) is 10.6. The van der Waals surface area contributed by atoms with E-state index in [1.54, 1.807) is 26.4 Å². The van der Waals surface area contributed by atoms with E-state index in [1.807, 2.05) is 36.4 Å². The molecule has 0 saturated heterocycles. The summed E-state index contributed by atoms with van der Waals surface area (Å²) < 4.78 is 10.6. The number of para-hydroxylation sites is 1. The highest BCUT2D eigenvalue weighted by Crippen LogP contribution is 2.28. The molecule has 1 aliphatic rings. The minimum absolute atomic E-state index is 0.155. The fraction of sp³-hybridized carbons (Fsp3) is 0.400. The van der Waals surface area contributed by atoms with Gasteiger partial charge in [0, 0.05) is 24.4 Å². The second-order valence-corrected chi connectivity index (χ2v) is 7.80. The number of nitrogens with one attached hydrogen (secondary N) is 1. The molecule has 1 N–H and O–H groups in total. The van der Waals surface area contributed by atoms with Crippen molar-refractivity contribution in [3.8, 4) is 11.5 Å². The zero-order valence-electron chi connectivity index (χ0n) is 18.2. The molecule has 1 aliphatic carbocycles. The van der Waals surface area contributed by atoms with Crippen molar-refractivity contribution in [3.63, 3.8) is 0 Å². The lowest BCUT2D eigenvalue weighted by Crippen LogP contribution is -2.33. The standard InChI is InChI=1S/C25H32N2O3/c1-27(21-10-5-4-6-11-21)18-20-9-7-8-12-22(20)26-25(28)16-14-19-13-15-23(29-2)24(17-19)30-3/h7-9,12-17,21H,4-6,10-11,18H2,1-3H3,(H,26,28). The lowest BCUT2D eigenvalue weighted by Gasteiger charge is -2.31. The maximum Gasteiger partial charge on any atom is 0.248 e. The number of hydrogen-bond donors (Lipinski definition) is 1. The maximum absolute atomic E-state index is 12.5. The van der Waals surface area contributed by atoms with Crippen LogP contribution in [0.3, 0.4) is 0 Å². The van der Waals surface area contributed by atoms with Gasteiger partial charge in [-0.1, -0.05) is 43.5 Å². The van der Waals surface area contributed by atoms with Crippen molar-refractivity contribution < 1.29 is 14.3 Å². The molecule has 0 unspecified atom stereocenters. The van der Waals surface area contributed by atoms with Crippen LogP contribution < -0.4 is 14.8 Å². The van der Waals surface area contributed by atoms with E-state index in [4.69, 9.17) is 9.47 Å². The fourth-order valence-electron chi connectivity index (χ4n) is 4.00. The van der Waals surface area contributed by atoms with Crippen LogP contribution in [0.25, 0.3) is 6.08 Å². The molecule has 30 heavy (non-hydrogen) atoms. The Kier molecular flexibility index (Phi) is 7.91. The Morgan fingerprint density at radius 3 is 2.53 bits per heavy atom. The molecule has 0 aliphatic heterocycles. The van der Waals surface area contributed by atoms with Crippen LogP contribution in [0.15, 0.2) is 48.5 Å². The predicted octanol–water partition coefficient (Wildman–Crippen LogP) is 5.12. The Labute approximate surface area is 179 Å². The largest absolute Gasteiger partial charge is 0.493 e. The van der Waals surface area contributed by atoms with Crippen LogP contribution in [0.4, 0.5) is 5.69 Å². The van der Waals surface area contributed by atoms with Crippen molar-refractivity contribution >= 4 is 17.7 Å². The van der Waals surface area contributed by atoms with Gasteiger partial charge in [0.1, 0.15) is 0 Å². The molecule has 2 aromatic carbocycles. The highest BCUT2D eigenvalue weighted by molar-refractivity contribution is 6.02. The highest BCUT2D eigenvalue weighted by Gasteiger charge is 2.19. The van der Waals surface area contributed by atoms with Crippen molar-refractivity contribution in [1.29, 1.82) is 0 Å². The van der Waals surface area contributed by atoms with Gasteiger partial charge in [-0.25, -0.2) is 0 Å². The first-order chi connectivity index (χ1) is 14.6. The molecule has 0 aromatic heterocycles. The van der Waals surface area contributed by atoms with E-state index >= 15 is 0 Å². The van der Waals surface area contributed by atoms with Crippen molar-refractivity contribution in [2.45, 2.75) is 44.7 Å². The van der Waals surface area contributed by atoms with E-state index < -0.39 is 0 Å². The van der Waals surface area contributed by atoms with E-state index in [1.165, 1.54) is 32.1 Å². The summed E-state index contributed by atoms with van der Waals surface area (Å²) in [6.07, 6.45) is 9.82. The first kappa shape index (κ1) is 21.9. The second-order valence-electron chi connectivity index (χ2n) is 7.80. The molecule has 2 aromatic rings. The van der Waals surface area contributed by atoms with Crippen molar-refractivity contribution in [3.05, 3.63) is 59.7 Å². The van der Waals surface area contributed by atoms with Gasteiger partial charge >= 0.3 is 0 Å². The summed E-state index contributed by atoms with van der Waals surface area (Å²) in [7, 11) is 5.38. The van der Waals surface area contributed by atoms with Gasteiger partial charge in [0.25, 0.3) is 0 Å².